The third-order valence-corrected chi connectivity index (χ3v) is 4.82. The van der Waals surface area contributed by atoms with Crippen molar-refractivity contribution in [1.29, 1.82) is 0 Å². The van der Waals surface area contributed by atoms with Gasteiger partial charge in [0.2, 0.25) is 12.0 Å². The second kappa shape index (κ2) is 10.5. The summed E-state index contributed by atoms with van der Waals surface area (Å²) in [6.07, 6.45) is 4.63. The molecule has 0 fully saturated rings. The highest BCUT2D eigenvalue weighted by Gasteiger charge is 2.24. The van der Waals surface area contributed by atoms with Gasteiger partial charge in [-0.2, -0.15) is 9.78 Å². The zero-order valence-corrected chi connectivity index (χ0v) is 18.4. The monoisotopic (exact) mass is 489 g/mol. The Morgan fingerprint density at radius 2 is 2.03 bits per heavy atom. The Morgan fingerprint density at radius 1 is 1.15 bits per heavy atom. The Labute approximate surface area is 197 Å². The number of carbonyl (C=O) groups excluding carboxylic acids is 1. The summed E-state index contributed by atoms with van der Waals surface area (Å²) in [4.78, 5) is 29.5. The lowest BCUT2D eigenvalue weighted by Crippen LogP contribution is -2.37. The fourth-order valence-corrected chi connectivity index (χ4v) is 3.13. The van der Waals surface area contributed by atoms with Gasteiger partial charge in [0.15, 0.2) is 11.5 Å². The number of hydrogen-bond acceptors (Lipinski definition) is 9. The van der Waals surface area contributed by atoms with E-state index in [1.54, 1.807) is 30.5 Å². The zero-order valence-electron chi connectivity index (χ0n) is 16.9. The van der Waals surface area contributed by atoms with E-state index in [1.807, 2.05) is 0 Å². The molecule has 4 aromatic rings. The van der Waals surface area contributed by atoms with Crippen LogP contribution in [0.1, 0.15) is 0 Å². The van der Waals surface area contributed by atoms with Crippen LogP contribution in [0.4, 0.5) is 5.82 Å². The molecule has 0 aliphatic heterocycles. The summed E-state index contributed by atoms with van der Waals surface area (Å²) < 4.78 is 12.7. The largest absolute Gasteiger partial charge is 0.461 e. The fourth-order valence-electron chi connectivity index (χ4n) is 2.81. The lowest BCUT2D eigenvalue weighted by atomic mass is 10.3. The molecule has 0 spiro atoms. The number of halogens is 2. The minimum Gasteiger partial charge on any atom is -0.461 e. The Kier molecular flexibility index (Phi) is 7.25. The van der Waals surface area contributed by atoms with Crippen LogP contribution in [0.15, 0.2) is 49.2 Å². The van der Waals surface area contributed by atoms with Gasteiger partial charge in [-0.1, -0.05) is 23.2 Å². The van der Waals surface area contributed by atoms with Gasteiger partial charge < -0.3 is 19.9 Å². The van der Waals surface area contributed by atoms with Crippen LogP contribution in [-0.2, 0) is 9.53 Å². The quantitative estimate of drug-likeness (QED) is 0.339. The average Bonchev–Trinajstić information content (AvgIpc) is 3.25. The molecule has 4 aromatic heterocycles. The van der Waals surface area contributed by atoms with Gasteiger partial charge in [0.1, 0.15) is 17.5 Å². The van der Waals surface area contributed by atoms with E-state index in [0.717, 1.165) is 0 Å². The van der Waals surface area contributed by atoms with E-state index in [1.165, 1.54) is 23.4 Å². The number of amides is 1. The number of hydrogen-bond donors (Lipinski definition) is 2. The number of aliphatic hydroxyl groups excluding tert-OH is 1. The van der Waals surface area contributed by atoms with Crippen LogP contribution in [0.2, 0.25) is 10.0 Å². The third-order valence-electron chi connectivity index (χ3n) is 4.30. The summed E-state index contributed by atoms with van der Waals surface area (Å²) in [5.74, 6) is 0.239. The first-order valence-electron chi connectivity index (χ1n) is 9.64. The molecule has 0 saturated heterocycles. The summed E-state index contributed by atoms with van der Waals surface area (Å²) >= 11 is 12.1. The summed E-state index contributed by atoms with van der Waals surface area (Å²) in [6, 6.07) is 6.52. The number of nitrogens with zero attached hydrogens (tertiary/aromatic N) is 6. The van der Waals surface area contributed by atoms with Crippen LogP contribution >= 0.6 is 23.2 Å². The highest BCUT2D eigenvalue weighted by Crippen LogP contribution is 2.26. The number of nitrogens with one attached hydrogen (secondary N) is 1. The van der Waals surface area contributed by atoms with Crippen LogP contribution in [0, 0.1) is 0 Å². The molecule has 0 unspecified atom stereocenters. The number of anilines is 1. The Hall–Kier alpha value is -3.38. The molecule has 2 N–H and O–H groups in total. The van der Waals surface area contributed by atoms with Gasteiger partial charge in [-0.05, 0) is 24.3 Å². The highest BCUT2D eigenvalue weighted by molar-refractivity contribution is 6.32. The van der Waals surface area contributed by atoms with Crippen molar-refractivity contribution in [3.05, 3.63) is 59.2 Å². The van der Waals surface area contributed by atoms with Crippen LogP contribution < -0.4 is 10.1 Å². The molecule has 4 heterocycles. The molecule has 0 aliphatic carbocycles. The smallest absolute Gasteiger partial charge is 0.269 e. The minimum atomic E-state index is -1.12. The number of pyridine rings is 2. The molecule has 170 valence electrons. The van der Waals surface area contributed by atoms with Crippen molar-refractivity contribution < 1.29 is 19.4 Å². The Bertz CT molecular complexity index is 1250. The molecule has 0 bridgehead atoms. The van der Waals surface area contributed by atoms with Gasteiger partial charge in [0, 0.05) is 12.4 Å². The number of aliphatic hydroxyl groups is 1. The number of rotatable bonds is 9. The van der Waals surface area contributed by atoms with Gasteiger partial charge >= 0.3 is 0 Å². The molecule has 1 atom stereocenters. The van der Waals surface area contributed by atoms with Gasteiger partial charge in [0.05, 0.1) is 36.1 Å². The Morgan fingerprint density at radius 3 is 2.79 bits per heavy atom. The van der Waals surface area contributed by atoms with Crippen LogP contribution in [0.3, 0.4) is 0 Å². The maximum Gasteiger partial charge on any atom is 0.269 e. The van der Waals surface area contributed by atoms with E-state index < -0.39 is 12.0 Å². The zero-order chi connectivity index (χ0) is 23.2. The topological polar surface area (TPSA) is 137 Å². The van der Waals surface area contributed by atoms with Crippen molar-refractivity contribution in [1.82, 2.24) is 29.7 Å². The van der Waals surface area contributed by atoms with Gasteiger partial charge in [-0.15, -0.1) is 0 Å². The van der Waals surface area contributed by atoms with Crippen molar-refractivity contribution in [2.45, 2.75) is 6.10 Å². The van der Waals surface area contributed by atoms with E-state index in [-0.39, 0.29) is 31.5 Å². The van der Waals surface area contributed by atoms with Crippen LogP contribution in [0.25, 0.3) is 16.9 Å². The number of aromatic nitrogens is 6. The predicted octanol–water partition coefficient (Wildman–Crippen LogP) is 2.31. The lowest BCUT2D eigenvalue weighted by Gasteiger charge is -2.18. The van der Waals surface area contributed by atoms with E-state index in [0.29, 0.717) is 26.9 Å². The van der Waals surface area contributed by atoms with E-state index >= 15 is 0 Å². The highest BCUT2D eigenvalue weighted by atomic mass is 35.5. The second-order valence-electron chi connectivity index (χ2n) is 6.54. The van der Waals surface area contributed by atoms with Crippen LogP contribution in [-0.4, -0.2) is 66.7 Å². The standard InChI is InChI=1S/C20H17Cl2N7O4/c21-12-3-4-16(24-8-12)28-19(31)15(10-32-7-6-30)33-20-13-9-27-29(17(13)25-11-26-20)18-14(22)2-1-5-23-18/h1-5,8-9,11,15,30H,6-7,10H2,(H,24,28,31)/t15-/m0/s1. The van der Waals surface area contributed by atoms with Crippen molar-refractivity contribution in [3.8, 4) is 11.7 Å². The maximum atomic E-state index is 12.9. The molecule has 0 radical (unpaired) electrons. The lowest BCUT2D eigenvalue weighted by molar-refractivity contribution is -0.125. The average molecular weight is 490 g/mol. The summed E-state index contributed by atoms with van der Waals surface area (Å²) in [7, 11) is 0. The van der Waals surface area contributed by atoms with Gasteiger partial charge in [-0.25, -0.2) is 19.9 Å². The first-order valence-corrected chi connectivity index (χ1v) is 10.4. The molecule has 13 heteroatoms. The minimum absolute atomic E-state index is 0.0294. The number of ether oxygens (including phenoxy) is 2. The molecule has 0 saturated carbocycles. The molecule has 0 aromatic carbocycles. The fraction of sp³-hybridized carbons (Fsp3) is 0.200. The predicted molar refractivity (Wildman–Crippen MR) is 120 cm³/mol. The van der Waals surface area contributed by atoms with Crippen molar-refractivity contribution >= 4 is 46.0 Å². The summed E-state index contributed by atoms with van der Waals surface area (Å²) in [5, 5.41) is 17.2. The normalized spacial score (nSPS) is 12.0. The Balaban J connectivity index is 1.61. The summed E-state index contributed by atoms with van der Waals surface area (Å²) in [5.41, 5.74) is 0.385. The van der Waals surface area contributed by atoms with E-state index in [4.69, 9.17) is 37.8 Å². The molecule has 11 nitrogen and oxygen atoms in total. The van der Waals surface area contributed by atoms with Crippen molar-refractivity contribution in [2.75, 3.05) is 25.1 Å². The maximum absolute atomic E-state index is 12.9. The molecular formula is C20H17Cl2N7O4. The first-order chi connectivity index (χ1) is 16.1. The molecule has 1 amide bonds. The van der Waals surface area contributed by atoms with Crippen molar-refractivity contribution in [3.63, 3.8) is 0 Å². The molecular weight excluding hydrogens is 473 g/mol. The third kappa shape index (κ3) is 5.34. The molecule has 4 rings (SSSR count). The van der Waals surface area contributed by atoms with E-state index in [9.17, 15) is 4.79 Å². The van der Waals surface area contributed by atoms with Gasteiger partial charge in [-0.3, -0.25) is 4.79 Å². The summed E-state index contributed by atoms with van der Waals surface area (Å²) in [6.45, 7) is -0.324. The van der Waals surface area contributed by atoms with Gasteiger partial charge in [0.25, 0.3) is 5.91 Å². The van der Waals surface area contributed by atoms with E-state index in [2.05, 4.69) is 30.4 Å². The first kappa shape index (κ1) is 22.8. The second-order valence-corrected chi connectivity index (χ2v) is 7.38. The molecule has 0 aliphatic rings. The van der Waals surface area contributed by atoms with Crippen LogP contribution in [0.5, 0.6) is 5.88 Å². The number of fused-ring (bicyclic) bond motifs is 1. The molecule has 33 heavy (non-hydrogen) atoms. The number of carbonyl (C=O) groups is 1. The SMILES string of the molecule is O=C(Nc1ccc(Cl)cn1)[C@H](COCCO)Oc1ncnc2c1cnn2-c1ncccc1Cl. The van der Waals surface area contributed by atoms with Crippen molar-refractivity contribution in [2.24, 2.45) is 0 Å².